The monoisotopic (exact) mass is 190 g/mol. The fourth-order valence-electron chi connectivity index (χ4n) is 1.38. The lowest BCUT2D eigenvalue weighted by atomic mass is 10.2. The number of nitrogens with one attached hydrogen (secondary N) is 1. The minimum Gasteiger partial charge on any atom is -0.359 e. The van der Waals surface area contributed by atoms with E-state index in [1.165, 1.54) is 5.56 Å². The van der Waals surface area contributed by atoms with Gasteiger partial charge in [-0.25, -0.2) is 0 Å². The summed E-state index contributed by atoms with van der Waals surface area (Å²) in [6, 6.07) is 10.3. The molecule has 0 amide bonds. The second-order valence-electron chi connectivity index (χ2n) is 3.54. The summed E-state index contributed by atoms with van der Waals surface area (Å²) in [4.78, 5) is 2.00. The van der Waals surface area contributed by atoms with E-state index in [0.29, 0.717) is 0 Å². The van der Waals surface area contributed by atoms with E-state index in [2.05, 4.69) is 19.1 Å². The first-order valence-corrected chi connectivity index (χ1v) is 5.06. The summed E-state index contributed by atoms with van der Waals surface area (Å²) in [5, 5.41) is 7.77. The fourth-order valence-corrected chi connectivity index (χ4v) is 1.38. The number of hydrogen-bond acceptors (Lipinski definition) is 1. The molecule has 14 heavy (non-hydrogen) atoms. The lowest BCUT2D eigenvalue weighted by Gasteiger charge is -2.19. The molecule has 0 saturated carbocycles. The predicted octanol–water partition coefficient (Wildman–Crippen LogP) is 2.90. The van der Waals surface area contributed by atoms with Gasteiger partial charge in [0.1, 0.15) is 0 Å². The summed E-state index contributed by atoms with van der Waals surface area (Å²) < 4.78 is 0. The number of hydrogen-bond donors (Lipinski definition) is 1. The van der Waals surface area contributed by atoms with Gasteiger partial charge in [0.15, 0.2) is 0 Å². The molecule has 1 rings (SSSR count). The Morgan fingerprint density at radius 3 is 2.50 bits per heavy atom. The Morgan fingerprint density at radius 2 is 1.93 bits per heavy atom. The molecule has 0 atom stereocenters. The third-order valence-corrected chi connectivity index (χ3v) is 2.21. The average molecular weight is 190 g/mol. The largest absolute Gasteiger partial charge is 0.359 e. The zero-order valence-corrected chi connectivity index (χ0v) is 8.96. The van der Waals surface area contributed by atoms with Crippen LogP contribution in [0.4, 0.5) is 0 Å². The van der Waals surface area contributed by atoms with Crippen molar-refractivity contribution < 1.29 is 0 Å². The van der Waals surface area contributed by atoms with Crippen molar-refractivity contribution in [2.75, 3.05) is 7.05 Å². The molecule has 0 unspecified atom stereocenters. The molecule has 76 valence electrons. The van der Waals surface area contributed by atoms with Gasteiger partial charge in [0.25, 0.3) is 0 Å². The maximum absolute atomic E-state index is 7.77. The Kier molecular flexibility index (Phi) is 4.17. The SMILES string of the molecule is CCCC(=N)N(C)Cc1ccccc1. The maximum atomic E-state index is 7.77. The lowest BCUT2D eigenvalue weighted by Crippen LogP contribution is -2.24. The molecular formula is C12H18N2. The second-order valence-corrected chi connectivity index (χ2v) is 3.54. The van der Waals surface area contributed by atoms with Crippen molar-refractivity contribution in [3.8, 4) is 0 Å². The van der Waals surface area contributed by atoms with Crippen molar-refractivity contribution in [3.63, 3.8) is 0 Å². The standard InChI is InChI=1S/C12H18N2/c1-3-7-12(13)14(2)10-11-8-5-4-6-9-11/h4-6,8-9,13H,3,7,10H2,1-2H3. The van der Waals surface area contributed by atoms with Crippen LogP contribution in [0, 0.1) is 5.41 Å². The fraction of sp³-hybridized carbons (Fsp3) is 0.417. The first-order valence-electron chi connectivity index (χ1n) is 5.06. The highest BCUT2D eigenvalue weighted by Crippen LogP contribution is 2.04. The first kappa shape index (κ1) is 10.8. The molecule has 2 nitrogen and oxygen atoms in total. The number of nitrogens with zero attached hydrogens (tertiary/aromatic N) is 1. The highest BCUT2D eigenvalue weighted by Gasteiger charge is 2.03. The van der Waals surface area contributed by atoms with Crippen molar-refractivity contribution in [1.29, 1.82) is 5.41 Å². The van der Waals surface area contributed by atoms with Gasteiger partial charge in [-0.1, -0.05) is 37.3 Å². The molecule has 0 fully saturated rings. The zero-order chi connectivity index (χ0) is 10.4. The molecule has 1 aromatic rings. The molecule has 0 aromatic heterocycles. The molecule has 0 heterocycles. The third kappa shape index (κ3) is 3.21. The summed E-state index contributed by atoms with van der Waals surface area (Å²) in [6.07, 6.45) is 1.90. The van der Waals surface area contributed by atoms with Crippen LogP contribution in [0.15, 0.2) is 30.3 Å². The molecule has 0 spiro atoms. The van der Waals surface area contributed by atoms with Crippen LogP contribution in [0.1, 0.15) is 25.3 Å². The molecule has 0 aliphatic carbocycles. The topological polar surface area (TPSA) is 27.1 Å². The number of rotatable bonds is 4. The molecule has 0 saturated heterocycles. The Morgan fingerprint density at radius 1 is 1.29 bits per heavy atom. The normalized spacial score (nSPS) is 9.86. The van der Waals surface area contributed by atoms with Crippen molar-refractivity contribution in [2.24, 2.45) is 0 Å². The van der Waals surface area contributed by atoms with Crippen molar-refractivity contribution in [1.82, 2.24) is 4.90 Å². The van der Waals surface area contributed by atoms with E-state index in [9.17, 15) is 0 Å². The third-order valence-electron chi connectivity index (χ3n) is 2.21. The van der Waals surface area contributed by atoms with E-state index in [0.717, 1.165) is 25.2 Å². The van der Waals surface area contributed by atoms with Crippen molar-refractivity contribution >= 4 is 5.84 Å². The van der Waals surface area contributed by atoms with E-state index >= 15 is 0 Å². The lowest BCUT2D eigenvalue weighted by molar-refractivity contribution is 0.483. The first-order chi connectivity index (χ1) is 6.74. The average Bonchev–Trinajstić information content (AvgIpc) is 2.19. The summed E-state index contributed by atoms with van der Waals surface area (Å²) >= 11 is 0. The van der Waals surface area contributed by atoms with Crippen LogP contribution < -0.4 is 0 Å². The zero-order valence-electron chi connectivity index (χ0n) is 8.96. The summed E-state index contributed by atoms with van der Waals surface area (Å²) in [6.45, 7) is 2.94. The minimum absolute atomic E-state index is 0.719. The molecule has 1 N–H and O–H groups in total. The van der Waals surface area contributed by atoms with Gasteiger partial charge in [0.05, 0.1) is 5.84 Å². The summed E-state index contributed by atoms with van der Waals surface area (Å²) in [5.41, 5.74) is 1.26. The molecule has 2 heteroatoms. The van der Waals surface area contributed by atoms with Gasteiger partial charge in [-0.15, -0.1) is 0 Å². The Balaban J connectivity index is 2.49. The van der Waals surface area contributed by atoms with Crippen LogP contribution >= 0.6 is 0 Å². The van der Waals surface area contributed by atoms with Gasteiger partial charge in [-0.05, 0) is 12.0 Å². The van der Waals surface area contributed by atoms with Crippen molar-refractivity contribution in [3.05, 3.63) is 35.9 Å². The Labute approximate surface area is 86.1 Å². The second kappa shape index (κ2) is 5.43. The highest BCUT2D eigenvalue weighted by atomic mass is 15.1. The quantitative estimate of drug-likeness (QED) is 0.573. The summed E-state index contributed by atoms with van der Waals surface area (Å²) in [7, 11) is 1.98. The summed E-state index contributed by atoms with van der Waals surface area (Å²) in [5.74, 6) is 0.719. The van der Waals surface area contributed by atoms with E-state index in [1.54, 1.807) is 0 Å². The van der Waals surface area contributed by atoms with Crippen LogP contribution in [0.25, 0.3) is 0 Å². The minimum atomic E-state index is 0.719. The van der Waals surface area contributed by atoms with Gasteiger partial charge in [0, 0.05) is 20.0 Å². The van der Waals surface area contributed by atoms with Crippen LogP contribution in [-0.4, -0.2) is 17.8 Å². The molecular weight excluding hydrogens is 172 g/mol. The van der Waals surface area contributed by atoms with Gasteiger partial charge < -0.3 is 4.90 Å². The van der Waals surface area contributed by atoms with Crippen molar-refractivity contribution in [2.45, 2.75) is 26.3 Å². The van der Waals surface area contributed by atoms with Crippen LogP contribution in [0.3, 0.4) is 0 Å². The molecule has 0 bridgehead atoms. The Bertz CT molecular complexity index is 280. The smallest absolute Gasteiger partial charge is 0.0957 e. The van der Waals surface area contributed by atoms with Gasteiger partial charge in [-0.3, -0.25) is 5.41 Å². The Hall–Kier alpha value is -1.31. The van der Waals surface area contributed by atoms with Gasteiger partial charge in [0.2, 0.25) is 0 Å². The van der Waals surface area contributed by atoms with E-state index < -0.39 is 0 Å². The van der Waals surface area contributed by atoms with Crippen LogP contribution in [0.5, 0.6) is 0 Å². The molecule has 0 aliphatic heterocycles. The predicted molar refractivity (Wildman–Crippen MR) is 60.5 cm³/mol. The van der Waals surface area contributed by atoms with E-state index in [1.807, 2.05) is 30.1 Å². The molecule has 0 radical (unpaired) electrons. The van der Waals surface area contributed by atoms with Gasteiger partial charge in [-0.2, -0.15) is 0 Å². The van der Waals surface area contributed by atoms with Crippen LogP contribution in [-0.2, 0) is 6.54 Å². The molecule has 1 aromatic carbocycles. The molecule has 0 aliphatic rings. The number of amidine groups is 1. The number of benzene rings is 1. The van der Waals surface area contributed by atoms with E-state index in [4.69, 9.17) is 5.41 Å². The highest BCUT2D eigenvalue weighted by molar-refractivity contribution is 5.78. The van der Waals surface area contributed by atoms with E-state index in [-0.39, 0.29) is 0 Å². The van der Waals surface area contributed by atoms with Gasteiger partial charge >= 0.3 is 0 Å². The van der Waals surface area contributed by atoms with Crippen LogP contribution in [0.2, 0.25) is 0 Å². The maximum Gasteiger partial charge on any atom is 0.0957 e.